The van der Waals surface area contributed by atoms with E-state index in [0.717, 1.165) is 30.9 Å². The fourth-order valence-electron chi connectivity index (χ4n) is 2.46. The number of nitrogens with zero attached hydrogens (tertiary/aromatic N) is 2. The molecule has 0 unspecified atom stereocenters. The van der Waals surface area contributed by atoms with Crippen molar-refractivity contribution in [2.75, 3.05) is 13.7 Å². The summed E-state index contributed by atoms with van der Waals surface area (Å²) in [6.45, 7) is 1.83. The van der Waals surface area contributed by atoms with E-state index >= 15 is 0 Å². The molecule has 0 fully saturated rings. The Labute approximate surface area is 136 Å². The normalized spacial score (nSPS) is 10.7. The van der Waals surface area contributed by atoms with E-state index in [2.05, 4.69) is 46.7 Å². The van der Waals surface area contributed by atoms with Gasteiger partial charge in [0.25, 0.3) is 0 Å². The van der Waals surface area contributed by atoms with Gasteiger partial charge < -0.3 is 14.6 Å². The first-order valence-corrected chi connectivity index (χ1v) is 7.76. The highest BCUT2D eigenvalue weighted by atomic mass is 16.5. The predicted molar refractivity (Wildman–Crippen MR) is 92.0 cm³/mol. The van der Waals surface area contributed by atoms with Crippen molar-refractivity contribution >= 4 is 0 Å². The van der Waals surface area contributed by atoms with Crippen LogP contribution in [0.15, 0.2) is 67.3 Å². The van der Waals surface area contributed by atoms with Crippen LogP contribution in [-0.4, -0.2) is 23.2 Å². The van der Waals surface area contributed by atoms with Crippen molar-refractivity contribution in [2.45, 2.75) is 13.0 Å². The summed E-state index contributed by atoms with van der Waals surface area (Å²) in [5.74, 6) is 0.902. The summed E-state index contributed by atoms with van der Waals surface area (Å²) < 4.78 is 7.17. The molecular weight excluding hydrogens is 286 g/mol. The summed E-state index contributed by atoms with van der Waals surface area (Å²) in [6.07, 6.45) is 6.55. The zero-order valence-corrected chi connectivity index (χ0v) is 13.3. The van der Waals surface area contributed by atoms with Crippen LogP contribution in [-0.2, 0) is 13.0 Å². The number of methoxy groups -OCH3 is 1. The third-order valence-corrected chi connectivity index (χ3v) is 3.82. The smallest absolute Gasteiger partial charge is 0.118 e. The van der Waals surface area contributed by atoms with E-state index in [1.165, 1.54) is 11.1 Å². The van der Waals surface area contributed by atoms with Gasteiger partial charge in [0.05, 0.1) is 13.4 Å². The van der Waals surface area contributed by atoms with E-state index in [-0.39, 0.29) is 0 Å². The molecule has 4 heteroatoms. The lowest BCUT2D eigenvalue weighted by Gasteiger charge is -2.07. The summed E-state index contributed by atoms with van der Waals surface area (Å²) >= 11 is 0. The molecule has 0 spiro atoms. The number of hydrogen-bond acceptors (Lipinski definition) is 3. The van der Waals surface area contributed by atoms with Gasteiger partial charge in [0.15, 0.2) is 0 Å². The molecular formula is C19H21N3O. The van der Waals surface area contributed by atoms with Gasteiger partial charge in [-0.1, -0.05) is 24.3 Å². The van der Waals surface area contributed by atoms with Gasteiger partial charge in [-0.05, 0) is 48.4 Å². The second-order valence-corrected chi connectivity index (χ2v) is 5.41. The van der Waals surface area contributed by atoms with E-state index in [9.17, 15) is 0 Å². The maximum absolute atomic E-state index is 5.17. The van der Waals surface area contributed by atoms with Gasteiger partial charge in [0.1, 0.15) is 5.75 Å². The fraction of sp³-hybridized carbons (Fsp3) is 0.211. The molecule has 0 aliphatic rings. The number of rotatable bonds is 7. The van der Waals surface area contributed by atoms with Crippen molar-refractivity contribution in [3.05, 3.63) is 78.4 Å². The Morgan fingerprint density at radius 3 is 2.39 bits per heavy atom. The maximum Gasteiger partial charge on any atom is 0.118 e. The van der Waals surface area contributed by atoms with Crippen molar-refractivity contribution in [2.24, 2.45) is 0 Å². The summed E-state index contributed by atoms with van der Waals surface area (Å²) in [6, 6.07) is 16.8. The number of imidazole rings is 1. The fourth-order valence-corrected chi connectivity index (χ4v) is 2.46. The summed E-state index contributed by atoms with van der Waals surface area (Å²) in [5.41, 5.74) is 3.72. The van der Waals surface area contributed by atoms with Crippen molar-refractivity contribution < 1.29 is 4.74 Å². The Bertz CT molecular complexity index is 703. The zero-order chi connectivity index (χ0) is 15.9. The van der Waals surface area contributed by atoms with Crippen LogP contribution < -0.4 is 10.1 Å². The Morgan fingerprint density at radius 1 is 1.00 bits per heavy atom. The molecule has 0 atom stereocenters. The average molecular weight is 307 g/mol. The molecule has 3 aromatic rings. The lowest BCUT2D eigenvalue weighted by Crippen LogP contribution is -2.16. The minimum Gasteiger partial charge on any atom is -0.497 e. The van der Waals surface area contributed by atoms with Crippen LogP contribution in [0.3, 0.4) is 0 Å². The first-order chi connectivity index (χ1) is 11.3. The topological polar surface area (TPSA) is 39.1 Å². The van der Waals surface area contributed by atoms with Crippen molar-refractivity contribution in [1.29, 1.82) is 0 Å². The molecule has 0 aliphatic carbocycles. The van der Waals surface area contributed by atoms with Crippen molar-refractivity contribution in [1.82, 2.24) is 14.9 Å². The number of nitrogens with one attached hydrogen (secondary N) is 1. The summed E-state index contributed by atoms with van der Waals surface area (Å²) in [5, 5.41) is 3.48. The monoisotopic (exact) mass is 307 g/mol. The number of aromatic nitrogens is 2. The van der Waals surface area contributed by atoms with Crippen molar-refractivity contribution in [3.8, 4) is 11.4 Å². The van der Waals surface area contributed by atoms with Gasteiger partial charge in [-0.2, -0.15) is 0 Å². The van der Waals surface area contributed by atoms with Crippen LogP contribution in [0.4, 0.5) is 0 Å². The Hall–Kier alpha value is -2.59. The third-order valence-electron chi connectivity index (χ3n) is 3.82. The Balaban J connectivity index is 1.45. The third kappa shape index (κ3) is 4.20. The van der Waals surface area contributed by atoms with Crippen LogP contribution in [0.2, 0.25) is 0 Å². The maximum atomic E-state index is 5.17. The Morgan fingerprint density at radius 2 is 1.74 bits per heavy atom. The molecule has 0 bridgehead atoms. The van der Waals surface area contributed by atoms with Crippen molar-refractivity contribution in [3.63, 3.8) is 0 Å². The molecule has 3 rings (SSSR count). The first-order valence-electron chi connectivity index (χ1n) is 7.76. The lowest BCUT2D eigenvalue weighted by atomic mass is 10.1. The number of benzene rings is 2. The molecule has 1 N–H and O–H groups in total. The second-order valence-electron chi connectivity index (χ2n) is 5.41. The summed E-state index contributed by atoms with van der Waals surface area (Å²) in [7, 11) is 1.69. The molecule has 1 heterocycles. The molecule has 0 radical (unpaired) electrons. The van der Waals surface area contributed by atoms with Gasteiger partial charge in [-0.25, -0.2) is 4.98 Å². The molecule has 118 valence electrons. The lowest BCUT2D eigenvalue weighted by molar-refractivity contribution is 0.414. The molecule has 4 nitrogen and oxygen atoms in total. The van der Waals surface area contributed by atoms with Crippen LogP contribution >= 0.6 is 0 Å². The quantitative estimate of drug-likeness (QED) is 0.681. The molecule has 0 amide bonds. The van der Waals surface area contributed by atoms with E-state index in [0.29, 0.717) is 0 Å². The van der Waals surface area contributed by atoms with Gasteiger partial charge in [-0.15, -0.1) is 0 Å². The SMILES string of the molecule is COc1ccc(CCNCc2ccc(-n3ccnc3)cc2)cc1. The first kappa shape index (κ1) is 15.3. The van der Waals surface area contributed by atoms with Crippen LogP contribution in [0.1, 0.15) is 11.1 Å². The number of hydrogen-bond donors (Lipinski definition) is 1. The van der Waals surface area contributed by atoms with Gasteiger partial charge in [0, 0.05) is 24.6 Å². The van der Waals surface area contributed by atoms with E-state index < -0.39 is 0 Å². The summed E-state index contributed by atoms with van der Waals surface area (Å²) in [4.78, 5) is 4.06. The highest BCUT2D eigenvalue weighted by Gasteiger charge is 1.98. The van der Waals surface area contributed by atoms with Crippen LogP contribution in [0.5, 0.6) is 5.75 Å². The Kier molecular flexibility index (Phi) is 5.06. The molecule has 0 saturated carbocycles. The van der Waals surface area contributed by atoms with Gasteiger partial charge >= 0.3 is 0 Å². The highest BCUT2D eigenvalue weighted by molar-refractivity contribution is 5.34. The number of ether oxygens (including phenoxy) is 1. The van der Waals surface area contributed by atoms with E-state index in [1.54, 1.807) is 13.3 Å². The standard InChI is InChI=1S/C19H21N3O/c1-23-19-8-4-16(5-9-19)10-11-20-14-17-2-6-18(7-3-17)22-13-12-21-15-22/h2-9,12-13,15,20H,10-11,14H2,1H3. The molecule has 0 saturated heterocycles. The molecule has 2 aromatic carbocycles. The van der Waals surface area contributed by atoms with Gasteiger partial charge in [-0.3, -0.25) is 0 Å². The predicted octanol–water partition coefficient (Wildman–Crippen LogP) is 3.21. The zero-order valence-electron chi connectivity index (χ0n) is 13.3. The van der Waals surface area contributed by atoms with E-state index in [4.69, 9.17) is 4.74 Å². The second kappa shape index (κ2) is 7.61. The average Bonchev–Trinajstić information content (AvgIpc) is 3.14. The molecule has 0 aliphatic heterocycles. The van der Waals surface area contributed by atoms with Gasteiger partial charge in [0.2, 0.25) is 0 Å². The van der Waals surface area contributed by atoms with E-state index in [1.807, 2.05) is 29.2 Å². The van der Waals surface area contributed by atoms with Crippen LogP contribution in [0, 0.1) is 0 Å². The molecule has 23 heavy (non-hydrogen) atoms. The highest BCUT2D eigenvalue weighted by Crippen LogP contribution is 2.12. The minimum atomic E-state index is 0.875. The largest absolute Gasteiger partial charge is 0.497 e. The molecule has 1 aromatic heterocycles. The minimum absolute atomic E-state index is 0.875. The van der Waals surface area contributed by atoms with Crippen LogP contribution in [0.25, 0.3) is 5.69 Å².